The molecule has 1 aromatic heterocycles. The molecule has 6 nitrogen and oxygen atoms in total. The van der Waals surface area contributed by atoms with Crippen LogP contribution in [-0.2, 0) is 9.59 Å². The number of piperidine rings is 2. The van der Waals surface area contributed by atoms with Gasteiger partial charge in [-0.1, -0.05) is 0 Å². The molecule has 0 aromatic carbocycles. The molecule has 0 aliphatic carbocycles. The van der Waals surface area contributed by atoms with E-state index in [1.807, 2.05) is 29.8 Å². The first-order valence-corrected chi connectivity index (χ1v) is 9.40. The van der Waals surface area contributed by atoms with E-state index < -0.39 is 0 Å². The number of carbonyl (C=O) groups is 2. The van der Waals surface area contributed by atoms with Gasteiger partial charge in [-0.3, -0.25) is 14.3 Å². The van der Waals surface area contributed by atoms with E-state index in [2.05, 4.69) is 18.9 Å². The van der Waals surface area contributed by atoms with Crippen molar-refractivity contribution in [2.75, 3.05) is 19.6 Å². The number of amides is 2. The minimum absolute atomic E-state index is 0.144. The first kappa shape index (κ1) is 18.0. The molecule has 1 aromatic rings. The number of hydrogen-bond donors (Lipinski definition) is 0. The third-order valence-corrected chi connectivity index (χ3v) is 5.94. The number of hydrogen-bond acceptors (Lipinski definition) is 3. The van der Waals surface area contributed by atoms with E-state index in [1.54, 1.807) is 10.9 Å². The molecule has 1 atom stereocenters. The molecule has 6 heteroatoms. The van der Waals surface area contributed by atoms with E-state index in [9.17, 15) is 9.59 Å². The van der Waals surface area contributed by atoms with Gasteiger partial charge in [0.2, 0.25) is 11.8 Å². The highest BCUT2D eigenvalue weighted by atomic mass is 16.2. The molecule has 138 valence electrons. The van der Waals surface area contributed by atoms with Gasteiger partial charge in [-0.05, 0) is 57.9 Å². The number of aromatic nitrogens is 2. The normalized spacial score (nSPS) is 21.9. The number of aryl methyl sites for hydroxylation is 1. The molecular weight excluding hydrogens is 316 g/mol. The number of nitrogens with zero attached hydrogens (tertiary/aromatic N) is 4. The maximum atomic E-state index is 12.8. The van der Waals surface area contributed by atoms with Crippen LogP contribution < -0.4 is 0 Å². The lowest BCUT2D eigenvalue weighted by Crippen LogP contribution is -2.54. The summed E-state index contributed by atoms with van der Waals surface area (Å²) < 4.78 is 1.75. The summed E-state index contributed by atoms with van der Waals surface area (Å²) in [5, 5.41) is 4.28. The van der Waals surface area contributed by atoms with Crippen LogP contribution in [0.3, 0.4) is 0 Å². The molecule has 0 radical (unpaired) electrons. The van der Waals surface area contributed by atoms with Gasteiger partial charge in [0.1, 0.15) is 6.04 Å². The van der Waals surface area contributed by atoms with E-state index in [0.717, 1.165) is 44.5 Å². The third-order valence-electron chi connectivity index (χ3n) is 5.94. The van der Waals surface area contributed by atoms with Crippen molar-refractivity contribution in [2.24, 2.45) is 5.41 Å². The van der Waals surface area contributed by atoms with Gasteiger partial charge < -0.3 is 9.80 Å². The molecule has 0 saturated carbocycles. The van der Waals surface area contributed by atoms with Crippen molar-refractivity contribution in [3.8, 4) is 0 Å². The van der Waals surface area contributed by atoms with E-state index in [0.29, 0.717) is 6.42 Å². The van der Waals surface area contributed by atoms with E-state index in [4.69, 9.17) is 0 Å². The van der Waals surface area contributed by atoms with Crippen LogP contribution in [-0.4, -0.2) is 57.1 Å². The molecule has 0 bridgehead atoms. The SMILES string of the molecule is Cc1cnn([C@H](C)C(=O)N2CCC3(CCC(=O)N(C(C)C)C3)CC2)c1. The van der Waals surface area contributed by atoms with Crippen LogP contribution in [0, 0.1) is 12.3 Å². The molecule has 3 rings (SSSR count). The number of carbonyl (C=O) groups excluding carboxylic acids is 2. The Morgan fingerprint density at radius 1 is 1.20 bits per heavy atom. The Hall–Kier alpha value is -1.85. The van der Waals surface area contributed by atoms with Crippen molar-refractivity contribution in [1.29, 1.82) is 0 Å². The average Bonchev–Trinajstić information content (AvgIpc) is 3.03. The molecule has 2 aliphatic rings. The predicted octanol–water partition coefficient (Wildman–Crippen LogP) is 2.39. The maximum Gasteiger partial charge on any atom is 0.247 e. The second-order valence-electron chi connectivity index (χ2n) is 8.11. The zero-order valence-corrected chi connectivity index (χ0v) is 15.9. The summed E-state index contributed by atoms with van der Waals surface area (Å²) in [6, 6.07) is -0.00439. The first-order chi connectivity index (χ1) is 11.8. The van der Waals surface area contributed by atoms with Gasteiger partial charge in [-0.2, -0.15) is 5.10 Å². The quantitative estimate of drug-likeness (QED) is 0.844. The number of likely N-dealkylation sites (tertiary alicyclic amines) is 2. The molecule has 2 aliphatic heterocycles. The van der Waals surface area contributed by atoms with E-state index >= 15 is 0 Å². The second kappa shape index (κ2) is 6.81. The van der Waals surface area contributed by atoms with Gasteiger partial charge >= 0.3 is 0 Å². The first-order valence-electron chi connectivity index (χ1n) is 9.40. The highest BCUT2D eigenvalue weighted by molar-refractivity contribution is 5.80. The summed E-state index contributed by atoms with van der Waals surface area (Å²) in [7, 11) is 0. The second-order valence-corrected chi connectivity index (χ2v) is 8.11. The molecule has 25 heavy (non-hydrogen) atoms. The lowest BCUT2D eigenvalue weighted by molar-refractivity contribution is -0.145. The summed E-state index contributed by atoms with van der Waals surface area (Å²) in [6.45, 7) is 10.5. The summed E-state index contributed by atoms with van der Waals surface area (Å²) in [5.74, 6) is 0.423. The van der Waals surface area contributed by atoms with Crippen LogP contribution >= 0.6 is 0 Å². The average molecular weight is 346 g/mol. The molecule has 1 spiro atoms. The van der Waals surface area contributed by atoms with Crippen LogP contribution in [0.1, 0.15) is 58.1 Å². The Morgan fingerprint density at radius 3 is 2.44 bits per heavy atom. The third kappa shape index (κ3) is 3.58. The lowest BCUT2D eigenvalue weighted by Gasteiger charge is -2.48. The van der Waals surface area contributed by atoms with Gasteiger partial charge in [0, 0.05) is 38.3 Å². The van der Waals surface area contributed by atoms with Gasteiger partial charge in [-0.15, -0.1) is 0 Å². The van der Waals surface area contributed by atoms with E-state index in [1.165, 1.54) is 0 Å². The van der Waals surface area contributed by atoms with Crippen molar-refractivity contribution in [3.63, 3.8) is 0 Å². The standard InChI is InChI=1S/C19H30N4O2/c1-14(2)22-13-19(6-5-17(22)24)7-9-21(10-8-19)18(25)16(4)23-12-15(3)11-20-23/h11-12,14,16H,5-10,13H2,1-4H3/t16-/m1/s1. The highest BCUT2D eigenvalue weighted by Gasteiger charge is 2.42. The molecule has 0 N–H and O–H groups in total. The summed E-state index contributed by atoms with van der Waals surface area (Å²) in [6.07, 6.45) is 7.29. The van der Waals surface area contributed by atoms with E-state index in [-0.39, 0.29) is 29.3 Å². The summed E-state index contributed by atoms with van der Waals surface area (Å²) in [5.41, 5.74) is 1.26. The van der Waals surface area contributed by atoms with Crippen molar-refractivity contribution < 1.29 is 9.59 Å². The smallest absolute Gasteiger partial charge is 0.247 e. The molecule has 2 amide bonds. The van der Waals surface area contributed by atoms with Gasteiger partial charge in [0.15, 0.2) is 0 Å². The summed E-state index contributed by atoms with van der Waals surface area (Å²) in [4.78, 5) is 28.9. The van der Waals surface area contributed by atoms with Gasteiger partial charge in [0.25, 0.3) is 0 Å². The van der Waals surface area contributed by atoms with Crippen LogP contribution in [0.4, 0.5) is 0 Å². The Bertz CT molecular complexity index is 644. The van der Waals surface area contributed by atoms with Gasteiger partial charge in [0.05, 0.1) is 6.20 Å². The lowest BCUT2D eigenvalue weighted by atomic mass is 9.72. The fourth-order valence-electron chi connectivity index (χ4n) is 4.15. The van der Waals surface area contributed by atoms with Crippen LogP contribution in [0.15, 0.2) is 12.4 Å². The fourth-order valence-corrected chi connectivity index (χ4v) is 4.15. The molecule has 3 heterocycles. The molecule has 2 fully saturated rings. The van der Waals surface area contributed by atoms with Gasteiger partial charge in [-0.25, -0.2) is 0 Å². The maximum absolute atomic E-state index is 12.8. The fraction of sp³-hybridized carbons (Fsp3) is 0.737. The minimum Gasteiger partial charge on any atom is -0.341 e. The largest absolute Gasteiger partial charge is 0.341 e. The van der Waals surface area contributed by atoms with Crippen molar-refractivity contribution in [3.05, 3.63) is 18.0 Å². The Morgan fingerprint density at radius 2 is 1.88 bits per heavy atom. The summed E-state index contributed by atoms with van der Waals surface area (Å²) >= 11 is 0. The van der Waals surface area contributed by atoms with Crippen LogP contribution in [0.5, 0.6) is 0 Å². The molecule has 2 saturated heterocycles. The Balaban J connectivity index is 1.61. The number of rotatable bonds is 3. The van der Waals surface area contributed by atoms with Crippen LogP contribution in [0.25, 0.3) is 0 Å². The highest BCUT2D eigenvalue weighted by Crippen LogP contribution is 2.41. The zero-order chi connectivity index (χ0) is 18.2. The molecule has 0 unspecified atom stereocenters. The van der Waals surface area contributed by atoms with Crippen molar-refractivity contribution in [2.45, 2.75) is 65.5 Å². The van der Waals surface area contributed by atoms with Crippen molar-refractivity contribution >= 4 is 11.8 Å². The molecular formula is C19H30N4O2. The Labute approximate surface area is 150 Å². The Kier molecular flexibility index (Phi) is 4.89. The van der Waals surface area contributed by atoms with Crippen LogP contribution in [0.2, 0.25) is 0 Å². The zero-order valence-electron chi connectivity index (χ0n) is 15.9. The monoisotopic (exact) mass is 346 g/mol. The predicted molar refractivity (Wildman–Crippen MR) is 96.0 cm³/mol. The van der Waals surface area contributed by atoms with Crippen molar-refractivity contribution in [1.82, 2.24) is 19.6 Å². The topological polar surface area (TPSA) is 58.4 Å². The minimum atomic E-state index is -0.261.